The molecule has 0 spiro atoms. The maximum Gasteiger partial charge on any atom is 0.414 e. The van der Waals surface area contributed by atoms with Crippen molar-refractivity contribution in [3.8, 4) is 5.75 Å². The number of amides is 1. The molecule has 6 heteroatoms. The highest BCUT2D eigenvalue weighted by molar-refractivity contribution is 5.87. The van der Waals surface area contributed by atoms with Crippen molar-refractivity contribution in [3.05, 3.63) is 60.2 Å². The van der Waals surface area contributed by atoms with Gasteiger partial charge in [-0.1, -0.05) is 30.3 Å². The van der Waals surface area contributed by atoms with Gasteiger partial charge in [0.2, 0.25) is 0 Å². The first kappa shape index (κ1) is 18.3. The molecule has 0 radical (unpaired) electrons. The molecule has 0 aromatic heterocycles. The summed E-state index contributed by atoms with van der Waals surface area (Å²) in [6, 6.07) is 16.2. The quantitative estimate of drug-likeness (QED) is 0.721. The molecule has 2 aromatic carbocycles. The minimum absolute atomic E-state index is 0.151. The second kappa shape index (κ2) is 9.32. The lowest BCUT2D eigenvalue weighted by Crippen LogP contribution is -2.26. The second-order valence-corrected chi connectivity index (χ2v) is 5.19. The molecule has 0 saturated heterocycles. The lowest BCUT2D eigenvalue weighted by Gasteiger charge is -2.17. The van der Waals surface area contributed by atoms with Crippen LogP contribution in [0.5, 0.6) is 5.75 Å². The molecule has 132 valence electrons. The van der Waals surface area contributed by atoms with Crippen LogP contribution in [0.25, 0.3) is 0 Å². The Kier molecular flexibility index (Phi) is 6.83. The van der Waals surface area contributed by atoms with Crippen molar-refractivity contribution in [1.29, 1.82) is 0 Å². The summed E-state index contributed by atoms with van der Waals surface area (Å²) in [5, 5.41) is 0. The van der Waals surface area contributed by atoms with E-state index in [1.54, 1.807) is 38.2 Å². The topological polar surface area (TPSA) is 65.1 Å². The van der Waals surface area contributed by atoms with Crippen LogP contribution in [0, 0.1) is 0 Å². The summed E-state index contributed by atoms with van der Waals surface area (Å²) in [6.45, 7) is 2.11. The summed E-state index contributed by atoms with van der Waals surface area (Å²) >= 11 is 0. The predicted molar refractivity (Wildman–Crippen MR) is 93.6 cm³/mol. The zero-order valence-corrected chi connectivity index (χ0v) is 14.3. The molecule has 0 aliphatic carbocycles. The smallest absolute Gasteiger partial charge is 0.414 e. The van der Waals surface area contributed by atoms with Gasteiger partial charge >= 0.3 is 12.1 Å². The maximum atomic E-state index is 12.1. The molecule has 2 rings (SSSR count). The highest BCUT2D eigenvalue weighted by Gasteiger charge is 2.12. The largest absolute Gasteiger partial charge is 0.482 e. The van der Waals surface area contributed by atoms with Crippen LogP contribution in [0.2, 0.25) is 0 Å². The average Bonchev–Trinajstić information content (AvgIpc) is 2.65. The van der Waals surface area contributed by atoms with Gasteiger partial charge in [-0.05, 0) is 36.8 Å². The van der Waals surface area contributed by atoms with Gasteiger partial charge in [-0.25, -0.2) is 9.59 Å². The molecule has 0 unspecified atom stereocenters. The van der Waals surface area contributed by atoms with Crippen molar-refractivity contribution < 1.29 is 23.8 Å². The molecule has 0 saturated carbocycles. The van der Waals surface area contributed by atoms with Crippen molar-refractivity contribution >= 4 is 17.7 Å². The zero-order valence-electron chi connectivity index (χ0n) is 14.3. The van der Waals surface area contributed by atoms with E-state index in [9.17, 15) is 9.59 Å². The lowest BCUT2D eigenvalue weighted by molar-refractivity contribution is -0.145. The monoisotopic (exact) mass is 343 g/mol. The third-order valence-corrected chi connectivity index (χ3v) is 3.37. The molecule has 0 atom stereocenters. The number of nitrogens with zero attached hydrogens (tertiary/aromatic N) is 1. The summed E-state index contributed by atoms with van der Waals surface area (Å²) in [5.74, 6) is 0.0936. The lowest BCUT2D eigenvalue weighted by atomic mass is 10.2. The Labute approximate surface area is 146 Å². The van der Waals surface area contributed by atoms with Gasteiger partial charge < -0.3 is 14.2 Å². The minimum Gasteiger partial charge on any atom is -0.482 e. The van der Waals surface area contributed by atoms with E-state index in [-0.39, 0.29) is 13.2 Å². The number of esters is 1. The summed E-state index contributed by atoms with van der Waals surface area (Å²) in [7, 11) is 1.63. The van der Waals surface area contributed by atoms with E-state index in [4.69, 9.17) is 14.2 Å². The van der Waals surface area contributed by atoms with Gasteiger partial charge in [-0.2, -0.15) is 0 Å². The van der Waals surface area contributed by atoms with Crippen LogP contribution in [-0.4, -0.2) is 32.3 Å². The third kappa shape index (κ3) is 5.84. The number of rotatable bonds is 7. The predicted octanol–water partition coefficient (Wildman–Crippen LogP) is 3.40. The highest BCUT2D eigenvalue weighted by Crippen LogP contribution is 2.19. The van der Waals surface area contributed by atoms with Gasteiger partial charge in [0.25, 0.3) is 0 Å². The van der Waals surface area contributed by atoms with Crippen LogP contribution in [0.15, 0.2) is 54.6 Å². The molecule has 2 aromatic rings. The number of ether oxygens (including phenoxy) is 3. The van der Waals surface area contributed by atoms with Gasteiger partial charge in [0.15, 0.2) is 6.61 Å². The standard InChI is InChI=1S/C19H21NO5/c1-3-23-18(21)14-24-17-11-9-16(10-12-17)20(2)19(22)25-13-15-7-5-4-6-8-15/h4-12H,3,13-14H2,1-2H3. The summed E-state index contributed by atoms with van der Waals surface area (Å²) in [6.07, 6.45) is -0.455. The molecule has 0 heterocycles. The Bertz CT molecular complexity index is 685. The van der Waals surface area contributed by atoms with Crippen molar-refractivity contribution in [2.24, 2.45) is 0 Å². The number of benzene rings is 2. The second-order valence-electron chi connectivity index (χ2n) is 5.19. The molecular weight excluding hydrogens is 322 g/mol. The number of hydrogen-bond donors (Lipinski definition) is 0. The Morgan fingerprint density at radius 2 is 1.64 bits per heavy atom. The number of carbonyl (C=O) groups is 2. The number of carbonyl (C=O) groups excluding carboxylic acids is 2. The van der Waals surface area contributed by atoms with E-state index >= 15 is 0 Å². The van der Waals surface area contributed by atoms with E-state index in [1.807, 2.05) is 30.3 Å². The Morgan fingerprint density at radius 3 is 2.28 bits per heavy atom. The van der Waals surface area contributed by atoms with Crippen molar-refractivity contribution in [3.63, 3.8) is 0 Å². The summed E-state index contributed by atoms with van der Waals surface area (Å²) in [4.78, 5) is 24.8. The van der Waals surface area contributed by atoms with Crippen LogP contribution in [0.1, 0.15) is 12.5 Å². The summed E-state index contributed by atoms with van der Waals surface area (Å²) in [5.41, 5.74) is 1.58. The van der Waals surface area contributed by atoms with Gasteiger partial charge in [-0.3, -0.25) is 4.90 Å². The van der Waals surface area contributed by atoms with Gasteiger partial charge in [-0.15, -0.1) is 0 Å². The molecule has 0 aliphatic heterocycles. The first-order chi connectivity index (χ1) is 12.1. The fraction of sp³-hybridized carbons (Fsp3) is 0.263. The van der Waals surface area contributed by atoms with E-state index in [0.717, 1.165) is 5.56 Å². The van der Waals surface area contributed by atoms with Crippen LogP contribution in [0.3, 0.4) is 0 Å². The molecular formula is C19H21NO5. The first-order valence-corrected chi connectivity index (χ1v) is 7.93. The van der Waals surface area contributed by atoms with Crippen LogP contribution in [-0.2, 0) is 20.9 Å². The van der Waals surface area contributed by atoms with Gasteiger partial charge in [0.05, 0.1) is 6.61 Å². The minimum atomic E-state index is -0.455. The van der Waals surface area contributed by atoms with Gasteiger partial charge in [0, 0.05) is 12.7 Å². The van der Waals surface area contributed by atoms with Crippen LogP contribution < -0.4 is 9.64 Å². The number of anilines is 1. The third-order valence-electron chi connectivity index (χ3n) is 3.37. The van der Waals surface area contributed by atoms with E-state index in [0.29, 0.717) is 18.0 Å². The van der Waals surface area contributed by atoms with E-state index in [1.165, 1.54) is 4.90 Å². The van der Waals surface area contributed by atoms with Gasteiger partial charge in [0.1, 0.15) is 12.4 Å². The van der Waals surface area contributed by atoms with Crippen molar-refractivity contribution in [2.75, 3.05) is 25.2 Å². The number of hydrogen-bond acceptors (Lipinski definition) is 5. The SMILES string of the molecule is CCOC(=O)COc1ccc(N(C)C(=O)OCc2ccccc2)cc1. The maximum absolute atomic E-state index is 12.1. The average molecular weight is 343 g/mol. The van der Waals surface area contributed by atoms with Crippen LogP contribution >= 0.6 is 0 Å². The van der Waals surface area contributed by atoms with E-state index in [2.05, 4.69) is 0 Å². The molecule has 0 aliphatic rings. The molecule has 6 nitrogen and oxygen atoms in total. The van der Waals surface area contributed by atoms with Crippen LogP contribution in [0.4, 0.5) is 10.5 Å². The first-order valence-electron chi connectivity index (χ1n) is 7.93. The molecule has 0 bridgehead atoms. The highest BCUT2D eigenvalue weighted by atomic mass is 16.6. The Hall–Kier alpha value is -3.02. The normalized spacial score (nSPS) is 10.0. The molecule has 0 fully saturated rings. The van der Waals surface area contributed by atoms with Crippen molar-refractivity contribution in [1.82, 2.24) is 0 Å². The Morgan fingerprint density at radius 1 is 0.960 bits per heavy atom. The molecule has 25 heavy (non-hydrogen) atoms. The van der Waals surface area contributed by atoms with E-state index < -0.39 is 12.1 Å². The molecule has 1 amide bonds. The summed E-state index contributed by atoms with van der Waals surface area (Å²) < 4.78 is 15.4. The fourth-order valence-corrected chi connectivity index (χ4v) is 2.03. The molecule has 0 N–H and O–H groups in total. The zero-order chi connectivity index (χ0) is 18.1. The fourth-order valence-electron chi connectivity index (χ4n) is 2.03. The van der Waals surface area contributed by atoms with Crippen molar-refractivity contribution in [2.45, 2.75) is 13.5 Å². The Balaban J connectivity index is 1.85.